The second-order valence-electron chi connectivity index (χ2n) is 4.31. The summed E-state index contributed by atoms with van der Waals surface area (Å²) >= 11 is 3.48. The van der Waals surface area contributed by atoms with Crippen molar-refractivity contribution in [1.82, 2.24) is 0 Å². The Morgan fingerprint density at radius 1 is 1.41 bits per heavy atom. The summed E-state index contributed by atoms with van der Waals surface area (Å²) in [6.45, 7) is 2.05. The van der Waals surface area contributed by atoms with Gasteiger partial charge in [-0.3, -0.25) is 0 Å². The molecule has 2 N–H and O–H groups in total. The fourth-order valence-electron chi connectivity index (χ4n) is 1.96. The molecule has 1 aromatic carbocycles. The van der Waals surface area contributed by atoms with Gasteiger partial charge in [-0.2, -0.15) is 0 Å². The van der Waals surface area contributed by atoms with Crippen LogP contribution < -0.4 is 5.73 Å². The van der Waals surface area contributed by atoms with Gasteiger partial charge in [0.05, 0.1) is 19.3 Å². The van der Waals surface area contributed by atoms with Crippen molar-refractivity contribution in [2.24, 2.45) is 0 Å². The SMILES string of the molecule is Nc1cccc(Br)c1COCC1CCCCO1. The Balaban J connectivity index is 1.81. The summed E-state index contributed by atoms with van der Waals surface area (Å²) in [7, 11) is 0. The number of hydrogen-bond donors (Lipinski definition) is 1. The zero-order valence-electron chi connectivity index (χ0n) is 9.82. The molecule has 17 heavy (non-hydrogen) atoms. The van der Waals surface area contributed by atoms with Crippen LogP contribution in [0.5, 0.6) is 0 Å². The lowest BCUT2D eigenvalue weighted by molar-refractivity contribution is -0.0447. The van der Waals surface area contributed by atoms with Gasteiger partial charge in [0.15, 0.2) is 0 Å². The molecule has 0 radical (unpaired) electrons. The average molecular weight is 300 g/mol. The summed E-state index contributed by atoms with van der Waals surface area (Å²) in [5.74, 6) is 0. The summed E-state index contributed by atoms with van der Waals surface area (Å²) < 4.78 is 12.3. The number of anilines is 1. The smallest absolute Gasteiger partial charge is 0.0808 e. The number of nitrogen functional groups attached to an aromatic ring is 1. The van der Waals surface area contributed by atoms with Gasteiger partial charge in [0, 0.05) is 22.3 Å². The molecule has 0 aliphatic carbocycles. The quantitative estimate of drug-likeness (QED) is 0.869. The molecule has 4 heteroatoms. The van der Waals surface area contributed by atoms with Crippen LogP contribution in [-0.4, -0.2) is 19.3 Å². The molecule has 1 saturated heterocycles. The minimum atomic E-state index is 0.257. The number of halogens is 1. The van der Waals surface area contributed by atoms with Gasteiger partial charge in [0.2, 0.25) is 0 Å². The molecule has 1 unspecified atom stereocenters. The first-order valence-electron chi connectivity index (χ1n) is 5.99. The van der Waals surface area contributed by atoms with Crippen molar-refractivity contribution in [2.45, 2.75) is 32.0 Å². The molecule has 0 spiro atoms. The normalized spacial score (nSPS) is 20.4. The zero-order valence-corrected chi connectivity index (χ0v) is 11.4. The predicted molar refractivity (Wildman–Crippen MR) is 71.8 cm³/mol. The lowest BCUT2D eigenvalue weighted by atomic mass is 10.1. The number of nitrogens with two attached hydrogens (primary N) is 1. The lowest BCUT2D eigenvalue weighted by Crippen LogP contribution is -2.24. The molecular weight excluding hydrogens is 282 g/mol. The van der Waals surface area contributed by atoms with Crippen molar-refractivity contribution in [3.63, 3.8) is 0 Å². The fraction of sp³-hybridized carbons (Fsp3) is 0.538. The Morgan fingerprint density at radius 3 is 3.00 bits per heavy atom. The van der Waals surface area contributed by atoms with E-state index in [1.54, 1.807) is 0 Å². The minimum Gasteiger partial charge on any atom is -0.398 e. The van der Waals surface area contributed by atoms with E-state index < -0.39 is 0 Å². The van der Waals surface area contributed by atoms with E-state index in [1.165, 1.54) is 12.8 Å². The molecule has 1 atom stereocenters. The van der Waals surface area contributed by atoms with Gasteiger partial charge >= 0.3 is 0 Å². The van der Waals surface area contributed by atoms with Gasteiger partial charge in [-0.05, 0) is 31.4 Å². The molecule has 1 aliphatic heterocycles. The summed E-state index contributed by atoms with van der Waals surface area (Å²) in [6.07, 6.45) is 3.78. The second kappa shape index (κ2) is 6.38. The predicted octanol–water partition coefficient (Wildman–Crippen LogP) is 3.12. The van der Waals surface area contributed by atoms with Gasteiger partial charge in [-0.1, -0.05) is 22.0 Å². The van der Waals surface area contributed by atoms with Gasteiger partial charge in [-0.25, -0.2) is 0 Å². The molecular formula is C13H18BrNO2. The molecule has 1 aromatic rings. The van der Waals surface area contributed by atoms with E-state index in [4.69, 9.17) is 15.2 Å². The van der Waals surface area contributed by atoms with Crippen molar-refractivity contribution < 1.29 is 9.47 Å². The van der Waals surface area contributed by atoms with Crippen LogP contribution in [-0.2, 0) is 16.1 Å². The van der Waals surface area contributed by atoms with E-state index in [0.717, 1.165) is 28.8 Å². The average Bonchev–Trinajstić information content (AvgIpc) is 2.34. The van der Waals surface area contributed by atoms with Crippen LogP contribution in [0.15, 0.2) is 22.7 Å². The van der Waals surface area contributed by atoms with Crippen molar-refractivity contribution in [3.05, 3.63) is 28.2 Å². The minimum absolute atomic E-state index is 0.257. The number of hydrogen-bond acceptors (Lipinski definition) is 3. The lowest BCUT2D eigenvalue weighted by Gasteiger charge is -2.22. The van der Waals surface area contributed by atoms with Gasteiger partial charge in [-0.15, -0.1) is 0 Å². The Morgan fingerprint density at radius 2 is 2.29 bits per heavy atom. The summed E-state index contributed by atoms with van der Waals surface area (Å²) in [5.41, 5.74) is 7.68. The van der Waals surface area contributed by atoms with E-state index in [0.29, 0.717) is 13.2 Å². The van der Waals surface area contributed by atoms with Crippen molar-refractivity contribution in [1.29, 1.82) is 0 Å². The Kier molecular flexibility index (Phi) is 4.83. The van der Waals surface area contributed by atoms with E-state index in [9.17, 15) is 0 Å². The molecule has 1 aliphatic rings. The van der Waals surface area contributed by atoms with Crippen molar-refractivity contribution in [2.75, 3.05) is 18.9 Å². The number of ether oxygens (including phenoxy) is 2. The maximum absolute atomic E-state index is 5.90. The maximum atomic E-state index is 5.90. The molecule has 94 valence electrons. The highest BCUT2D eigenvalue weighted by Crippen LogP contribution is 2.23. The highest BCUT2D eigenvalue weighted by molar-refractivity contribution is 9.10. The standard InChI is InChI=1S/C13H18BrNO2/c14-12-5-3-6-13(15)11(12)9-16-8-10-4-1-2-7-17-10/h3,5-6,10H,1-2,4,7-9,15H2. The van der Waals surface area contributed by atoms with Crippen LogP contribution in [0.25, 0.3) is 0 Å². The van der Waals surface area contributed by atoms with Crippen molar-refractivity contribution >= 4 is 21.6 Å². The first kappa shape index (κ1) is 12.9. The van der Waals surface area contributed by atoms with Crippen LogP contribution in [0.4, 0.5) is 5.69 Å². The van der Waals surface area contributed by atoms with Gasteiger partial charge < -0.3 is 15.2 Å². The van der Waals surface area contributed by atoms with Gasteiger partial charge in [0.1, 0.15) is 0 Å². The van der Waals surface area contributed by atoms with Crippen LogP contribution in [0.2, 0.25) is 0 Å². The topological polar surface area (TPSA) is 44.5 Å². The third kappa shape index (κ3) is 3.69. The van der Waals surface area contributed by atoms with Crippen molar-refractivity contribution in [3.8, 4) is 0 Å². The number of rotatable bonds is 4. The third-order valence-corrected chi connectivity index (χ3v) is 3.72. The summed E-state index contributed by atoms with van der Waals surface area (Å²) in [4.78, 5) is 0. The molecule has 3 nitrogen and oxygen atoms in total. The highest BCUT2D eigenvalue weighted by Gasteiger charge is 2.14. The van der Waals surface area contributed by atoms with Crippen LogP contribution in [0, 0.1) is 0 Å². The zero-order chi connectivity index (χ0) is 12.1. The molecule has 1 fully saturated rings. The molecule has 1 heterocycles. The molecule has 2 rings (SSSR count). The Bertz CT molecular complexity index is 344. The summed E-state index contributed by atoms with van der Waals surface area (Å²) in [5, 5.41) is 0. The number of benzene rings is 1. The highest BCUT2D eigenvalue weighted by atomic mass is 79.9. The van der Waals surface area contributed by atoms with E-state index >= 15 is 0 Å². The molecule has 0 saturated carbocycles. The van der Waals surface area contributed by atoms with E-state index in [2.05, 4.69) is 15.9 Å². The molecule has 0 bridgehead atoms. The Hall–Kier alpha value is -0.580. The van der Waals surface area contributed by atoms with Crippen LogP contribution in [0.3, 0.4) is 0 Å². The van der Waals surface area contributed by atoms with E-state index in [1.807, 2.05) is 18.2 Å². The summed E-state index contributed by atoms with van der Waals surface area (Å²) in [6, 6.07) is 5.79. The van der Waals surface area contributed by atoms with Gasteiger partial charge in [0.25, 0.3) is 0 Å². The first-order chi connectivity index (χ1) is 8.27. The molecule has 0 aromatic heterocycles. The largest absolute Gasteiger partial charge is 0.398 e. The Labute approximate surface area is 110 Å². The monoisotopic (exact) mass is 299 g/mol. The van der Waals surface area contributed by atoms with E-state index in [-0.39, 0.29) is 6.10 Å². The van der Waals surface area contributed by atoms with Crippen LogP contribution >= 0.6 is 15.9 Å². The first-order valence-corrected chi connectivity index (χ1v) is 6.79. The third-order valence-electron chi connectivity index (χ3n) is 2.98. The van der Waals surface area contributed by atoms with Crippen LogP contribution in [0.1, 0.15) is 24.8 Å². The second-order valence-corrected chi connectivity index (χ2v) is 5.17. The maximum Gasteiger partial charge on any atom is 0.0808 e. The molecule has 0 amide bonds. The fourth-order valence-corrected chi connectivity index (χ4v) is 2.45.